The Labute approximate surface area is 273 Å². The van der Waals surface area contributed by atoms with Crippen molar-refractivity contribution in [1.82, 2.24) is 20.9 Å². The molecule has 4 amide bonds. The molecule has 0 radical (unpaired) electrons. The lowest BCUT2D eigenvalue weighted by atomic mass is 10.0. The van der Waals surface area contributed by atoms with Crippen LogP contribution in [0.15, 0.2) is 72.3 Å². The molecule has 3 aromatic rings. The maximum absolute atomic E-state index is 13.7. The van der Waals surface area contributed by atoms with Gasteiger partial charge in [0.25, 0.3) is 0 Å². The zero-order chi connectivity index (χ0) is 33.7. The van der Waals surface area contributed by atoms with Gasteiger partial charge in [0.05, 0.1) is 12.2 Å². The molecule has 2 aromatic carbocycles. The van der Waals surface area contributed by atoms with Gasteiger partial charge in [-0.15, -0.1) is 11.3 Å². The zero-order valence-electron chi connectivity index (χ0n) is 26.7. The van der Waals surface area contributed by atoms with Gasteiger partial charge < -0.3 is 26.0 Å². The Kier molecular flexibility index (Phi) is 13.6. The summed E-state index contributed by atoms with van der Waals surface area (Å²) in [5, 5.41) is 13.1. The van der Waals surface area contributed by atoms with Gasteiger partial charge in [-0.05, 0) is 62.4 Å². The van der Waals surface area contributed by atoms with Gasteiger partial charge in [0, 0.05) is 24.1 Å². The molecule has 4 N–H and O–H groups in total. The summed E-state index contributed by atoms with van der Waals surface area (Å²) in [5.74, 6) is -2.54. The molecule has 0 spiro atoms. The minimum Gasteiger partial charge on any atom is -0.373 e. The van der Waals surface area contributed by atoms with E-state index in [2.05, 4.69) is 26.3 Å². The Bertz CT molecular complexity index is 1460. The third kappa shape index (κ3) is 12.9. The van der Waals surface area contributed by atoms with Crippen LogP contribution in [0.1, 0.15) is 52.2 Å². The second kappa shape index (κ2) is 17.3. The van der Waals surface area contributed by atoms with Gasteiger partial charge in [0.15, 0.2) is 5.13 Å². The molecular weight excluding hydrogens is 609 g/mol. The fourth-order valence-corrected chi connectivity index (χ4v) is 4.80. The molecule has 246 valence electrons. The SMILES string of the molecule is CC(C)C[C@H](NC(=O)[C@H](COC(C)(C)C)NC(=O)[C@H](Cc1ccccc1)NC(=O)/C=C/c1ccc(F)cc1)C(=O)Nc1nccs1. The van der Waals surface area contributed by atoms with E-state index in [0.29, 0.717) is 17.1 Å². The summed E-state index contributed by atoms with van der Waals surface area (Å²) < 4.78 is 19.2. The van der Waals surface area contributed by atoms with Crippen LogP contribution in [0.5, 0.6) is 0 Å². The number of hydrogen-bond acceptors (Lipinski definition) is 7. The van der Waals surface area contributed by atoms with Gasteiger partial charge in [-0.2, -0.15) is 0 Å². The topological polar surface area (TPSA) is 139 Å². The summed E-state index contributed by atoms with van der Waals surface area (Å²) in [6.45, 7) is 9.13. The van der Waals surface area contributed by atoms with E-state index in [4.69, 9.17) is 4.74 Å². The molecule has 12 heteroatoms. The van der Waals surface area contributed by atoms with Crippen LogP contribution in [-0.4, -0.2) is 58.9 Å². The van der Waals surface area contributed by atoms with Crippen molar-refractivity contribution in [2.75, 3.05) is 11.9 Å². The van der Waals surface area contributed by atoms with Crippen molar-refractivity contribution in [1.29, 1.82) is 0 Å². The first-order valence-electron chi connectivity index (χ1n) is 15.0. The Morgan fingerprint density at radius 1 is 0.891 bits per heavy atom. The van der Waals surface area contributed by atoms with E-state index >= 15 is 0 Å². The number of benzene rings is 2. The van der Waals surface area contributed by atoms with Crippen LogP contribution in [0.4, 0.5) is 9.52 Å². The molecule has 0 aliphatic rings. The number of carbonyl (C=O) groups is 4. The molecular formula is C34H42FN5O5S. The Balaban J connectivity index is 1.80. The third-order valence-corrected chi connectivity index (χ3v) is 7.22. The average molecular weight is 652 g/mol. The molecule has 0 aliphatic heterocycles. The number of anilines is 1. The lowest BCUT2D eigenvalue weighted by Gasteiger charge is -2.28. The van der Waals surface area contributed by atoms with E-state index in [1.54, 1.807) is 11.6 Å². The van der Waals surface area contributed by atoms with Crippen LogP contribution in [0.3, 0.4) is 0 Å². The highest BCUT2D eigenvalue weighted by Crippen LogP contribution is 2.14. The maximum Gasteiger partial charge on any atom is 0.248 e. The first-order chi connectivity index (χ1) is 21.8. The molecule has 0 saturated heterocycles. The number of thiazole rings is 1. The first kappa shape index (κ1) is 36.1. The van der Waals surface area contributed by atoms with Crippen LogP contribution in [0.2, 0.25) is 0 Å². The lowest BCUT2D eigenvalue weighted by Crippen LogP contribution is -2.58. The fourth-order valence-electron chi connectivity index (χ4n) is 4.27. The van der Waals surface area contributed by atoms with Crippen molar-refractivity contribution in [3.05, 3.63) is 89.2 Å². The van der Waals surface area contributed by atoms with Crippen molar-refractivity contribution >= 4 is 46.2 Å². The summed E-state index contributed by atoms with van der Waals surface area (Å²) in [5.41, 5.74) is 0.755. The summed E-state index contributed by atoms with van der Waals surface area (Å²) in [7, 11) is 0. The molecule has 10 nitrogen and oxygen atoms in total. The third-order valence-electron chi connectivity index (χ3n) is 6.53. The van der Waals surface area contributed by atoms with Crippen LogP contribution in [0, 0.1) is 11.7 Å². The van der Waals surface area contributed by atoms with Crippen molar-refractivity contribution in [3.8, 4) is 0 Å². The summed E-state index contributed by atoms with van der Waals surface area (Å²) in [6.07, 6.45) is 4.81. The number of halogens is 1. The minimum atomic E-state index is -1.18. The number of rotatable bonds is 15. The fraction of sp³-hybridized carbons (Fsp3) is 0.382. The molecule has 1 aromatic heterocycles. The van der Waals surface area contributed by atoms with E-state index < -0.39 is 53.2 Å². The number of ether oxygens (including phenoxy) is 1. The molecule has 0 unspecified atom stereocenters. The summed E-state index contributed by atoms with van der Waals surface area (Å²) in [6, 6.07) is 11.6. The van der Waals surface area contributed by atoms with Crippen molar-refractivity contribution < 1.29 is 28.3 Å². The monoisotopic (exact) mass is 651 g/mol. The van der Waals surface area contributed by atoms with Crippen molar-refractivity contribution in [3.63, 3.8) is 0 Å². The van der Waals surface area contributed by atoms with E-state index in [1.165, 1.54) is 47.8 Å². The predicted molar refractivity (Wildman–Crippen MR) is 177 cm³/mol. The molecule has 0 aliphatic carbocycles. The van der Waals surface area contributed by atoms with Gasteiger partial charge in [-0.1, -0.05) is 56.3 Å². The van der Waals surface area contributed by atoms with Gasteiger partial charge in [0.2, 0.25) is 23.6 Å². The smallest absolute Gasteiger partial charge is 0.248 e. The lowest BCUT2D eigenvalue weighted by molar-refractivity contribution is -0.135. The molecule has 1 heterocycles. The number of amides is 4. The van der Waals surface area contributed by atoms with Crippen LogP contribution >= 0.6 is 11.3 Å². The molecule has 0 bridgehead atoms. The second-order valence-electron chi connectivity index (χ2n) is 12.1. The standard InChI is InChI=1S/C34H42FN5O5S/c1-22(2)19-26(31(43)40-33-36-17-18-46-33)38-32(44)28(21-45-34(3,4)5)39-30(42)27(20-24-9-7-6-8-10-24)37-29(41)16-13-23-11-14-25(35)15-12-23/h6-18,22,26-28H,19-21H2,1-5H3,(H,37,41)(H,38,44)(H,39,42)(H,36,40,43)/b16-13+/t26-,27-,28-/m0/s1. The summed E-state index contributed by atoms with van der Waals surface area (Å²) in [4.78, 5) is 57.5. The molecule has 0 saturated carbocycles. The normalized spacial score (nSPS) is 13.5. The quantitative estimate of drug-likeness (QED) is 0.179. The first-order valence-corrected chi connectivity index (χ1v) is 15.9. The Hall–Kier alpha value is -4.42. The highest BCUT2D eigenvalue weighted by atomic mass is 32.1. The van der Waals surface area contributed by atoms with Crippen LogP contribution in [-0.2, 0) is 30.3 Å². The zero-order valence-corrected chi connectivity index (χ0v) is 27.5. The van der Waals surface area contributed by atoms with Gasteiger partial charge in [-0.25, -0.2) is 9.37 Å². The van der Waals surface area contributed by atoms with Crippen molar-refractivity contribution in [2.45, 2.75) is 71.2 Å². The highest BCUT2D eigenvalue weighted by Gasteiger charge is 2.31. The maximum atomic E-state index is 13.7. The second-order valence-corrected chi connectivity index (χ2v) is 13.0. The van der Waals surface area contributed by atoms with Gasteiger partial charge in [0.1, 0.15) is 23.9 Å². The van der Waals surface area contributed by atoms with Crippen LogP contribution in [0.25, 0.3) is 6.08 Å². The number of nitrogens with zero attached hydrogens (tertiary/aromatic N) is 1. The van der Waals surface area contributed by atoms with Gasteiger partial charge >= 0.3 is 0 Å². The van der Waals surface area contributed by atoms with Crippen molar-refractivity contribution in [2.24, 2.45) is 5.92 Å². The number of aromatic nitrogens is 1. The molecule has 3 atom stereocenters. The van der Waals surface area contributed by atoms with E-state index in [1.807, 2.05) is 65.0 Å². The minimum absolute atomic E-state index is 0.0691. The van der Waals surface area contributed by atoms with Gasteiger partial charge in [-0.3, -0.25) is 19.2 Å². The largest absolute Gasteiger partial charge is 0.373 e. The average Bonchev–Trinajstić information content (AvgIpc) is 3.51. The Morgan fingerprint density at radius 2 is 1.54 bits per heavy atom. The Morgan fingerprint density at radius 3 is 2.15 bits per heavy atom. The summed E-state index contributed by atoms with van der Waals surface area (Å²) >= 11 is 1.26. The number of hydrogen-bond donors (Lipinski definition) is 4. The van der Waals surface area contributed by atoms with E-state index in [-0.39, 0.29) is 18.9 Å². The predicted octanol–water partition coefficient (Wildman–Crippen LogP) is 4.49. The number of nitrogens with one attached hydrogen (secondary N) is 4. The van der Waals surface area contributed by atoms with E-state index in [0.717, 1.165) is 5.56 Å². The molecule has 3 rings (SSSR count). The van der Waals surface area contributed by atoms with E-state index in [9.17, 15) is 23.6 Å². The highest BCUT2D eigenvalue weighted by molar-refractivity contribution is 7.13. The number of carbonyl (C=O) groups excluding carboxylic acids is 4. The van der Waals surface area contributed by atoms with Crippen LogP contribution < -0.4 is 21.3 Å². The molecule has 0 fully saturated rings. The molecule has 46 heavy (non-hydrogen) atoms.